The Bertz CT molecular complexity index is 492. The predicted octanol–water partition coefficient (Wildman–Crippen LogP) is 1.68. The van der Waals surface area contributed by atoms with E-state index in [4.69, 9.17) is 15.7 Å². The maximum Gasteiger partial charge on any atom is 0.226 e. The molecular weight excluding hydrogens is 265 g/mol. The molecule has 4 N–H and O–H groups in total. The largest absolute Gasteiger partial charge is 0.409 e. The third-order valence-corrected chi connectivity index (χ3v) is 2.47. The van der Waals surface area contributed by atoms with Crippen LogP contribution in [0, 0.1) is 5.82 Å². The maximum absolute atomic E-state index is 13.7. The van der Waals surface area contributed by atoms with E-state index in [-0.39, 0.29) is 29.4 Å². The lowest BCUT2D eigenvalue weighted by molar-refractivity contribution is -0.117. The summed E-state index contributed by atoms with van der Waals surface area (Å²) >= 11 is 0. The number of hydrogen-bond donors (Lipinski definition) is 3. The molecule has 0 aromatic heterocycles. The first-order valence-corrected chi connectivity index (χ1v) is 6.23. The molecule has 0 spiro atoms. The highest BCUT2D eigenvalue weighted by Crippen LogP contribution is 2.16. The van der Waals surface area contributed by atoms with Crippen molar-refractivity contribution in [3.63, 3.8) is 0 Å². The third-order valence-electron chi connectivity index (χ3n) is 2.47. The summed E-state index contributed by atoms with van der Waals surface area (Å²) in [4.78, 5) is 11.6. The Labute approximate surface area is 116 Å². The minimum absolute atomic E-state index is 0.0416. The second-order valence-electron chi connectivity index (χ2n) is 4.09. The average Bonchev–Trinajstić information content (AvgIpc) is 2.45. The normalized spacial score (nSPS) is 11.4. The Morgan fingerprint density at radius 1 is 1.50 bits per heavy atom. The van der Waals surface area contributed by atoms with Crippen LogP contribution in [0.15, 0.2) is 23.4 Å². The van der Waals surface area contributed by atoms with Gasteiger partial charge in [0.25, 0.3) is 0 Å². The van der Waals surface area contributed by atoms with E-state index in [0.29, 0.717) is 13.2 Å². The van der Waals surface area contributed by atoms with Gasteiger partial charge in [0.15, 0.2) is 5.84 Å². The molecular formula is C13H18FN3O3. The van der Waals surface area contributed by atoms with Gasteiger partial charge in [-0.2, -0.15) is 0 Å². The van der Waals surface area contributed by atoms with Crippen LogP contribution >= 0.6 is 0 Å². The van der Waals surface area contributed by atoms with Crippen molar-refractivity contribution in [3.8, 4) is 0 Å². The molecule has 110 valence electrons. The average molecular weight is 283 g/mol. The molecule has 7 heteroatoms. The summed E-state index contributed by atoms with van der Waals surface area (Å²) in [5.41, 5.74) is 5.61. The van der Waals surface area contributed by atoms with Crippen molar-refractivity contribution in [2.24, 2.45) is 10.9 Å². The number of rotatable bonds is 7. The summed E-state index contributed by atoms with van der Waals surface area (Å²) in [5, 5.41) is 13.7. The molecule has 0 atom stereocenters. The van der Waals surface area contributed by atoms with Gasteiger partial charge >= 0.3 is 0 Å². The van der Waals surface area contributed by atoms with Crippen LogP contribution in [-0.2, 0) is 9.53 Å². The standard InChI is InChI=1S/C13H18FN3O3/c1-2-6-20-7-5-12(18)16-11-4-3-9(8-10(11)14)13(15)17-19/h3-4,8,19H,2,5-7H2,1H3,(H2,15,17)(H,16,18). The zero-order valence-corrected chi connectivity index (χ0v) is 11.2. The molecule has 0 saturated heterocycles. The number of amidine groups is 1. The SMILES string of the molecule is CCCOCCC(=O)Nc1ccc(/C(N)=N/O)cc1F. The quantitative estimate of drug-likeness (QED) is 0.233. The van der Waals surface area contributed by atoms with Crippen LogP contribution < -0.4 is 11.1 Å². The summed E-state index contributed by atoms with van der Waals surface area (Å²) in [7, 11) is 0. The first-order valence-electron chi connectivity index (χ1n) is 6.23. The fourth-order valence-electron chi connectivity index (χ4n) is 1.46. The van der Waals surface area contributed by atoms with Gasteiger partial charge in [0.1, 0.15) is 5.82 Å². The lowest BCUT2D eigenvalue weighted by Gasteiger charge is -2.08. The number of amides is 1. The van der Waals surface area contributed by atoms with Crippen molar-refractivity contribution in [1.29, 1.82) is 0 Å². The summed E-state index contributed by atoms with van der Waals surface area (Å²) in [5.74, 6) is -1.19. The molecule has 1 aromatic rings. The summed E-state index contributed by atoms with van der Waals surface area (Å²) < 4.78 is 18.9. The Morgan fingerprint density at radius 3 is 2.85 bits per heavy atom. The lowest BCUT2D eigenvalue weighted by atomic mass is 10.2. The van der Waals surface area contributed by atoms with Crippen molar-refractivity contribution in [2.75, 3.05) is 18.5 Å². The minimum atomic E-state index is -0.656. The van der Waals surface area contributed by atoms with Gasteiger partial charge in [-0.05, 0) is 24.6 Å². The van der Waals surface area contributed by atoms with E-state index in [2.05, 4.69) is 10.5 Å². The van der Waals surface area contributed by atoms with Crippen LogP contribution in [0.4, 0.5) is 10.1 Å². The number of ether oxygens (including phenoxy) is 1. The number of nitrogens with two attached hydrogens (primary N) is 1. The molecule has 6 nitrogen and oxygen atoms in total. The second-order valence-corrected chi connectivity index (χ2v) is 4.09. The van der Waals surface area contributed by atoms with Crippen molar-refractivity contribution < 1.29 is 19.1 Å². The highest BCUT2D eigenvalue weighted by molar-refractivity contribution is 5.98. The Hall–Kier alpha value is -2.15. The Kier molecular flexibility index (Phi) is 6.45. The van der Waals surface area contributed by atoms with Crippen molar-refractivity contribution >= 4 is 17.4 Å². The topological polar surface area (TPSA) is 96.9 Å². The molecule has 0 aliphatic heterocycles. The van der Waals surface area contributed by atoms with Crippen LogP contribution in [-0.4, -0.2) is 30.2 Å². The number of nitrogens with one attached hydrogen (secondary N) is 1. The van der Waals surface area contributed by atoms with Gasteiger partial charge < -0.3 is 21.0 Å². The summed E-state index contributed by atoms with van der Waals surface area (Å²) in [6, 6.07) is 3.88. The van der Waals surface area contributed by atoms with Gasteiger partial charge in [0, 0.05) is 12.2 Å². The highest BCUT2D eigenvalue weighted by atomic mass is 19.1. The number of benzene rings is 1. The number of anilines is 1. The van der Waals surface area contributed by atoms with Gasteiger partial charge in [-0.15, -0.1) is 0 Å². The van der Waals surface area contributed by atoms with E-state index in [1.807, 2.05) is 6.92 Å². The van der Waals surface area contributed by atoms with Crippen LogP contribution in [0.5, 0.6) is 0 Å². The highest BCUT2D eigenvalue weighted by Gasteiger charge is 2.09. The lowest BCUT2D eigenvalue weighted by Crippen LogP contribution is -2.17. The van der Waals surface area contributed by atoms with E-state index in [9.17, 15) is 9.18 Å². The number of halogens is 1. The molecule has 0 radical (unpaired) electrons. The van der Waals surface area contributed by atoms with E-state index >= 15 is 0 Å². The van der Waals surface area contributed by atoms with Crippen LogP contribution in [0.25, 0.3) is 0 Å². The van der Waals surface area contributed by atoms with Crippen LogP contribution in [0.3, 0.4) is 0 Å². The second kappa shape index (κ2) is 8.11. The molecule has 20 heavy (non-hydrogen) atoms. The number of hydrogen-bond acceptors (Lipinski definition) is 4. The number of carbonyl (C=O) groups is 1. The predicted molar refractivity (Wildman–Crippen MR) is 73.3 cm³/mol. The Balaban J connectivity index is 2.58. The monoisotopic (exact) mass is 283 g/mol. The van der Waals surface area contributed by atoms with Gasteiger partial charge in [-0.1, -0.05) is 12.1 Å². The van der Waals surface area contributed by atoms with E-state index in [0.717, 1.165) is 12.5 Å². The molecule has 1 amide bonds. The van der Waals surface area contributed by atoms with Gasteiger partial charge in [0.2, 0.25) is 5.91 Å². The number of nitrogens with zero attached hydrogens (tertiary/aromatic N) is 1. The first-order chi connectivity index (χ1) is 9.58. The molecule has 0 aliphatic carbocycles. The van der Waals surface area contributed by atoms with Crippen LogP contribution in [0.2, 0.25) is 0 Å². The smallest absolute Gasteiger partial charge is 0.226 e. The molecule has 0 bridgehead atoms. The van der Waals surface area contributed by atoms with Gasteiger partial charge in [-0.25, -0.2) is 4.39 Å². The third kappa shape index (κ3) is 4.85. The molecule has 0 aliphatic rings. The summed E-state index contributed by atoms with van der Waals surface area (Å²) in [6.45, 7) is 2.86. The van der Waals surface area contributed by atoms with E-state index in [1.165, 1.54) is 12.1 Å². The maximum atomic E-state index is 13.7. The molecule has 1 aromatic carbocycles. The van der Waals surface area contributed by atoms with Crippen molar-refractivity contribution in [2.45, 2.75) is 19.8 Å². The first kappa shape index (κ1) is 15.9. The van der Waals surface area contributed by atoms with Crippen LogP contribution in [0.1, 0.15) is 25.3 Å². The fraction of sp³-hybridized carbons (Fsp3) is 0.385. The zero-order valence-electron chi connectivity index (χ0n) is 11.2. The Morgan fingerprint density at radius 2 is 2.25 bits per heavy atom. The molecule has 0 saturated carbocycles. The number of oxime groups is 1. The summed E-state index contributed by atoms with van der Waals surface area (Å²) in [6.07, 6.45) is 1.03. The molecule has 1 rings (SSSR count). The van der Waals surface area contributed by atoms with E-state index < -0.39 is 5.82 Å². The minimum Gasteiger partial charge on any atom is -0.409 e. The molecule has 0 fully saturated rings. The number of carbonyl (C=O) groups excluding carboxylic acids is 1. The van der Waals surface area contributed by atoms with Gasteiger partial charge in [0.05, 0.1) is 18.7 Å². The van der Waals surface area contributed by atoms with E-state index in [1.54, 1.807) is 0 Å². The van der Waals surface area contributed by atoms with Crippen molar-refractivity contribution in [3.05, 3.63) is 29.6 Å². The zero-order chi connectivity index (χ0) is 15.0. The fourth-order valence-corrected chi connectivity index (χ4v) is 1.46. The molecule has 0 heterocycles. The molecule has 0 unspecified atom stereocenters. The van der Waals surface area contributed by atoms with Crippen molar-refractivity contribution in [1.82, 2.24) is 0 Å². The van der Waals surface area contributed by atoms with Gasteiger partial charge in [-0.3, -0.25) is 4.79 Å².